The number of anilines is 1. The van der Waals surface area contributed by atoms with Crippen LogP contribution in [-0.4, -0.2) is 24.0 Å². The molecular weight excluding hydrogens is 248 g/mol. The van der Waals surface area contributed by atoms with Gasteiger partial charge in [-0.05, 0) is 43.9 Å². The summed E-state index contributed by atoms with van der Waals surface area (Å²) in [4.78, 5) is 2.27. The minimum atomic E-state index is 0.127. The molecule has 0 aromatic heterocycles. The molecule has 0 saturated heterocycles. The molecule has 0 aliphatic carbocycles. The second-order valence-electron chi connectivity index (χ2n) is 5.65. The highest BCUT2D eigenvalue weighted by atomic mass is 35.5. The van der Waals surface area contributed by atoms with E-state index < -0.39 is 0 Å². The Hall–Kier alpha value is -1.22. The zero-order chi connectivity index (χ0) is 13.5. The summed E-state index contributed by atoms with van der Waals surface area (Å²) in [5, 5.41) is 12.3. The van der Waals surface area contributed by atoms with Gasteiger partial charge in [-0.3, -0.25) is 0 Å². The van der Waals surface area contributed by atoms with Crippen LogP contribution in [0, 0.1) is 0 Å². The lowest BCUT2D eigenvalue weighted by molar-refractivity contribution is 0.322. The summed E-state index contributed by atoms with van der Waals surface area (Å²) in [6.45, 7) is 6.70. The van der Waals surface area contributed by atoms with Crippen LogP contribution < -0.4 is 4.90 Å². The van der Waals surface area contributed by atoms with Gasteiger partial charge >= 0.3 is 0 Å². The lowest BCUT2D eigenvalue weighted by atomic mass is 9.80. The van der Waals surface area contributed by atoms with E-state index in [0.29, 0.717) is 10.9 Å². The van der Waals surface area contributed by atoms with Gasteiger partial charge in [0.05, 0.1) is 11.2 Å². The number of halogens is 1. The van der Waals surface area contributed by atoms with E-state index in [1.807, 2.05) is 12.1 Å². The van der Waals surface area contributed by atoms with E-state index in [4.69, 9.17) is 16.8 Å². The van der Waals surface area contributed by atoms with E-state index in [-0.39, 0.29) is 5.54 Å². The van der Waals surface area contributed by atoms with Crippen molar-refractivity contribution in [2.75, 3.05) is 11.9 Å². The third kappa shape index (κ3) is 2.07. The highest BCUT2D eigenvalue weighted by Crippen LogP contribution is 2.43. The molecule has 1 aromatic carbocycles. The van der Waals surface area contributed by atoms with Crippen LogP contribution in [0.4, 0.5) is 5.69 Å². The Morgan fingerprint density at radius 1 is 1.50 bits per heavy atom. The zero-order valence-electron chi connectivity index (χ0n) is 11.2. The molecule has 1 aliphatic heterocycles. The molecule has 0 saturated carbocycles. The van der Waals surface area contributed by atoms with Gasteiger partial charge in [0.15, 0.2) is 0 Å². The summed E-state index contributed by atoms with van der Waals surface area (Å²) in [5.41, 5.74) is 3.32. The van der Waals surface area contributed by atoms with Gasteiger partial charge in [-0.1, -0.05) is 23.7 Å². The molecule has 0 bridgehead atoms. The third-order valence-corrected chi connectivity index (χ3v) is 4.28. The van der Waals surface area contributed by atoms with Crippen LogP contribution in [0.3, 0.4) is 0 Å². The Kier molecular flexibility index (Phi) is 3.28. The molecule has 98 valence electrons. The molecular formula is C14H19ClN2O. The minimum absolute atomic E-state index is 0.127. The summed E-state index contributed by atoms with van der Waals surface area (Å²) < 4.78 is 0. The van der Waals surface area contributed by atoms with Crippen LogP contribution in [0.15, 0.2) is 17.3 Å². The molecule has 2 rings (SSSR count). The molecule has 4 heteroatoms. The Morgan fingerprint density at radius 2 is 2.17 bits per heavy atom. The highest BCUT2D eigenvalue weighted by molar-refractivity contribution is 6.33. The van der Waals surface area contributed by atoms with E-state index in [2.05, 4.69) is 37.9 Å². The van der Waals surface area contributed by atoms with Crippen LogP contribution in [-0.2, 0) is 0 Å². The van der Waals surface area contributed by atoms with Crippen LogP contribution >= 0.6 is 11.6 Å². The molecule has 1 atom stereocenters. The summed E-state index contributed by atoms with van der Waals surface area (Å²) in [7, 11) is 2.10. The van der Waals surface area contributed by atoms with Crippen molar-refractivity contribution in [3.05, 3.63) is 28.3 Å². The van der Waals surface area contributed by atoms with E-state index in [0.717, 1.165) is 12.0 Å². The second kappa shape index (κ2) is 4.47. The number of benzene rings is 1. The largest absolute Gasteiger partial charge is 0.411 e. The SMILES string of the molecule is C[C@@H]1CC(C)(C)N(C)c2cc(Cl)c(/C=N\O)cc21. The third-order valence-electron chi connectivity index (χ3n) is 3.95. The standard InChI is InChI=1S/C14H19ClN2O/c1-9-7-14(2,3)17(4)13-6-12(15)10(8-16-18)5-11(9)13/h5-6,8-9,18H,7H2,1-4H3/b16-8-/t9-/m1/s1. The van der Waals surface area contributed by atoms with E-state index >= 15 is 0 Å². The van der Waals surface area contributed by atoms with E-state index in [9.17, 15) is 0 Å². The first-order valence-electron chi connectivity index (χ1n) is 6.11. The lowest BCUT2D eigenvalue weighted by Crippen LogP contribution is -2.45. The number of hydrogen-bond donors (Lipinski definition) is 1. The van der Waals surface area contributed by atoms with Crippen molar-refractivity contribution in [1.82, 2.24) is 0 Å². The first kappa shape index (κ1) is 13.2. The van der Waals surface area contributed by atoms with Crippen molar-refractivity contribution in [1.29, 1.82) is 0 Å². The molecule has 0 fully saturated rings. The molecule has 1 heterocycles. The number of hydrogen-bond acceptors (Lipinski definition) is 3. The maximum absolute atomic E-state index is 8.65. The maximum atomic E-state index is 8.65. The summed E-state index contributed by atoms with van der Waals surface area (Å²) in [6, 6.07) is 3.99. The summed E-state index contributed by atoms with van der Waals surface area (Å²) in [5.74, 6) is 0.467. The Balaban J connectivity index is 2.58. The molecule has 1 aliphatic rings. The van der Waals surface area contributed by atoms with Gasteiger partial charge in [0.2, 0.25) is 0 Å². The van der Waals surface area contributed by atoms with Gasteiger partial charge in [0, 0.05) is 23.8 Å². The molecule has 1 aromatic rings. The van der Waals surface area contributed by atoms with Crippen molar-refractivity contribution in [3.8, 4) is 0 Å². The van der Waals surface area contributed by atoms with E-state index in [1.165, 1.54) is 17.5 Å². The molecule has 18 heavy (non-hydrogen) atoms. The van der Waals surface area contributed by atoms with Gasteiger partial charge < -0.3 is 10.1 Å². The van der Waals surface area contributed by atoms with Crippen LogP contribution in [0.2, 0.25) is 5.02 Å². The number of oxime groups is 1. The fourth-order valence-electron chi connectivity index (χ4n) is 2.77. The molecule has 0 unspecified atom stereocenters. The predicted molar refractivity (Wildman–Crippen MR) is 76.3 cm³/mol. The predicted octanol–water partition coefficient (Wildman–Crippen LogP) is 3.87. The van der Waals surface area contributed by atoms with Crippen molar-refractivity contribution >= 4 is 23.5 Å². The Bertz CT molecular complexity index is 497. The van der Waals surface area contributed by atoms with Gasteiger partial charge in [-0.25, -0.2) is 0 Å². The van der Waals surface area contributed by atoms with Crippen molar-refractivity contribution in [3.63, 3.8) is 0 Å². The van der Waals surface area contributed by atoms with Gasteiger partial charge in [-0.15, -0.1) is 0 Å². The number of rotatable bonds is 1. The van der Waals surface area contributed by atoms with Crippen LogP contribution in [0.25, 0.3) is 0 Å². The molecule has 0 spiro atoms. The lowest BCUT2D eigenvalue weighted by Gasteiger charge is -2.45. The topological polar surface area (TPSA) is 35.8 Å². The molecule has 0 radical (unpaired) electrons. The Morgan fingerprint density at radius 3 is 2.78 bits per heavy atom. The average Bonchev–Trinajstić information content (AvgIpc) is 2.28. The Labute approximate surface area is 113 Å². The molecule has 3 nitrogen and oxygen atoms in total. The molecule has 1 N–H and O–H groups in total. The summed E-state index contributed by atoms with van der Waals surface area (Å²) >= 11 is 6.22. The monoisotopic (exact) mass is 266 g/mol. The minimum Gasteiger partial charge on any atom is -0.411 e. The summed E-state index contributed by atoms with van der Waals surface area (Å²) in [6.07, 6.45) is 2.48. The van der Waals surface area contributed by atoms with Crippen molar-refractivity contribution in [2.45, 2.75) is 38.6 Å². The normalized spacial score (nSPS) is 22.3. The van der Waals surface area contributed by atoms with Gasteiger partial charge in [0.1, 0.15) is 0 Å². The highest BCUT2D eigenvalue weighted by Gasteiger charge is 2.34. The van der Waals surface area contributed by atoms with Crippen LogP contribution in [0.5, 0.6) is 0 Å². The quantitative estimate of drug-likeness (QED) is 0.476. The van der Waals surface area contributed by atoms with E-state index in [1.54, 1.807) is 0 Å². The zero-order valence-corrected chi connectivity index (χ0v) is 12.0. The van der Waals surface area contributed by atoms with Crippen LogP contribution in [0.1, 0.15) is 44.2 Å². The fourth-order valence-corrected chi connectivity index (χ4v) is 2.97. The average molecular weight is 267 g/mol. The number of nitrogens with zero attached hydrogens (tertiary/aromatic N) is 2. The maximum Gasteiger partial charge on any atom is 0.0748 e. The van der Waals surface area contributed by atoms with Crippen molar-refractivity contribution < 1.29 is 5.21 Å². The fraction of sp³-hybridized carbons (Fsp3) is 0.500. The van der Waals surface area contributed by atoms with Crippen molar-refractivity contribution in [2.24, 2.45) is 5.16 Å². The molecule has 0 amide bonds. The smallest absolute Gasteiger partial charge is 0.0748 e. The van der Waals surface area contributed by atoms with Gasteiger partial charge in [0.25, 0.3) is 0 Å². The van der Waals surface area contributed by atoms with Gasteiger partial charge in [-0.2, -0.15) is 0 Å². The second-order valence-corrected chi connectivity index (χ2v) is 6.06. The number of fused-ring (bicyclic) bond motifs is 1. The first-order chi connectivity index (χ1) is 8.36. The first-order valence-corrected chi connectivity index (χ1v) is 6.49.